The Morgan fingerprint density at radius 3 is 2.09 bits per heavy atom. The molecule has 2 heterocycles. The van der Waals surface area contributed by atoms with E-state index in [4.69, 9.17) is 0 Å². The third kappa shape index (κ3) is 5.38. The lowest BCUT2D eigenvalue weighted by molar-refractivity contribution is -0.137. The van der Waals surface area contributed by atoms with Gasteiger partial charge in [0.2, 0.25) is 10.0 Å². The van der Waals surface area contributed by atoms with E-state index >= 15 is 0 Å². The number of rotatable bonds is 4. The number of amides is 1. The van der Waals surface area contributed by atoms with Gasteiger partial charge in [0.1, 0.15) is 0 Å². The second-order valence-corrected chi connectivity index (χ2v) is 10.6. The molecule has 2 saturated heterocycles. The zero-order valence-electron chi connectivity index (χ0n) is 18.8. The van der Waals surface area contributed by atoms with Crippen LogP contribution in [0.3, 0.4) is 0 Å². The molecule has 184 valence electrons. The van der Waals surface area contributed by atoms with Crippen LogP contribution in [0, 0.1) is 0 Å². The molecule has 6 nitrogen and oxygen atoms in total. The summed E-state index contributed by atoms with van der Waals surface area (Å²) in [5.41, 5.74) is 0.0572. The van der Waals surface area contributed by atoms with Crippen molar-refractivity contribution in [3.63, 3.8) is 0 Å². The fourth-order valence-electron chi connectivity index (χ4n) is 4.45. The number of nitrogens with zero attached hydrogens (tertiary/aromatic N) is 3. The predicted octanol–water partition coefficient (Wildman–Crippen LogP) is 4.23. The van der Waals surface area contributed by atoms with Crippen molar-refractivity contribution in [3.8, 4) is 0 Å². The van der Waals surface area contributed by atoms with Gasteiger partial charge in [0, 0.05) is 50.5 Å². The van der Waals surface area contributed by atoms with Gasteiger partial charge >= 0.3 is 6.18 Å². The molecule has 0 radical (unpaired) electrons. The molecule has 0 atom stereocenters. The maximum atomic E-state index is 13.1. The molecule has 0 aromatic heterocycles. The van der Waals surface area contributed by atoms with Crippen LogP contribution in [0.4, 0.5) is 18.9 Å². The number of carbonyl (C=O) groups is 1. The summed E-state index contributed by atoms with van der Waals surface area (Å²) in [6.07, 6.45) is -0.734. The summed E-state index contributed by atoms with van der Waals surface area (Å²) in [7, 11) is -3.67. The number of halogens is 3. The number of piperazine rings is 1. The molecular weight excluding hydrogens is 467 g/mol. The Hall–Kier alpha value is -2.59. The van der Waals surface area contributed by atoms with Crippen LogP contribution in [0.2, 0.25) is 0 Å². The van der Waals surface area contributed by atoms with Crippen molar-refractivity contribution < 1.29 is 26.4 Å². The van der Waals surface area contributed by atoms with Crippen LogP contribution in [-0.4, -0.2) is 62.8 Å². The summed E-state index contributed by atoms with van der Waals surface area (Å²) in [6, 6.07) is 11.3. The van der Waals surface area contributed by atoms with Crippen molar-refractivity contribution in [1.29, 1.82) is 0 Å². The van der Waals surface area contributed by atoms with Crippen molar-refractivity contribution in [2.24, 2.45) is 0 Å². The zero-order chi connectivity index (χ0) is 24.3. The van der Waals surface area contributed by atoms with Gasteiger partial charge in [0.05, 0.1) is 10.5 Å². The topological polar surface area (TPSA) is 60.9 Å². The monoisotopic (exact) mass is 495 g/mol. The molecule has 10 heteroatoms. The van der Waals surface area contributed by atoms with Crippen LogP contribution in [0.15, 0.2) is 53.4 Å². The van der Waals surface area contributed by atoms with E-state index in [0.29, 0.717) is 50.5 Å². The predicted molar refractivity (Wildman–Crippen MR) is 123 cm³/mol. The van der Waals surface area contributed by atoms with E-state index in [1.54, 1.807) is 23.1 Å². The van der Waals surface area contributed by atoms with E-state index in [1.165, 1.54) is 22.5 Å². The Morgan fingerprint density at radius 1 is 0.794 bits per heavy atom. The van der Waals surface area contributed by atoms with Crippen LogP contribution in [0.5, 0.6) is 0 Å². The molecule has 2 aliphatic rings. The van der Waals surface area contributed by atoms with E-state index in [0.717, 1.165) is 37.8 Å². The quantitative estimate of drug-likeness (QED) is 0.637. The highest BCUT2D eigenvalue weighted by Gasteiger charge is 2.32. The Balaban J connectivity index is 1.44. The van der Waals surface area contributed by atoms with Gasteiger partial charge in [-0.05, 0) is 49.2 Å². The largest absolute Gasteiger partial charge is 0.416 e. The fourth-order valence-corrected chi connectivity index (χ4v) is 6.01. The maximum Gasteiger partial charge on any atom is 0.416 e. The van der Waals surface area contributed by atoms with Crippen molar-refractivity contribution >= 4 is 21.6 Å². The second kappa shape index (κ2) is 9.95. The van der Waals surface area contributed by atoms with Gasteiger partial charge < -0.3 is 9.80 Å². The van der Waals surface area contributed by atoms with E-state index in [2.05, 4.69) is 0 Å². The minimum atomic E-state index is -4.41. The summed E-state index contributed by atoms with van der Waals surface area (Å²) in [5, 5.41) is 0. The zero-order valence-corrected chi connectivity index (χ0v) is 19.6. The molecule has 2 fully saturated rings. The minimum Gasteiger partial charge on any atom is -0.368 e. The summed E-state index contributed by atoms with van der Waals surface area (Å²) >= 11 is 0. The molecule has 2 aliphatic heterocycles. The summed E-state index contributed by atoms with van der Waals surface area (Å²) in [5.74, 6) is -0.281. The van der Waals surface area contributed by atoms with Crippen LogP contribution >= 0.6 is 0 Å². The summed E-state index contributed by atoms with van der Waals surface area (Å²) < 4.78 is 66.8. The molecule has 0 saturated carbocycles. The maximum absolute atomic E-state index is 13.1. The van der Waals surface area contributed by atoms with E-state index < -0.39 is 21.8 Å². The number of carbonyl (C=O) groups excluding carboxylic acids is 1. The highest BCUT2D eigenvalue weighted by molar-refractivity contribution is 7.89. The third-order valence-corrected chi connectivity index (χ3v) is 8.28. The van der Waals surface area contributed by atoms with Gasteiger partial charge in [-0.15, -0.1) is 0 Å². The summed E-state index contributed by atoms with van der Waals surface area (Å²) in [6.45, 7) is 2.41. The number of anilines is 1. The lowest BCUT2D eigenvalue weighted by Crippen LogP contribution is -2.48. The van der Waals surface area contributed by atoms with Crippen LogP contribution in [-0.2, 0) is 16.2 Å². The van der Waals surface area contributed by atoms with Gasteiger partial charge in [-0.25, -0.2) is 8.42 Å². The van der Waals surface area contributed by atoms with Gasteiger partial charge in [-0.3, -0.25) is 4.79 Å². The third-order valence-electron chi connectivity index (χ3n) is 6.39. The molecule has 0 N–H and O–H groups in total. The number of alkyl halides is 3. The molecule has 4 rings (SSSR count). The smallest absolute Gasteiger partial charge is 0.368 e. The Bertz CT molecular complexity index is 1120. The van der Waals surface area contributed by atoms with E-state index in [1.807, 2.05) is 4.90 Å². The van der Waals surface area contributed by atoms with Crippen molar-refractivity contribution in [2.75, 3.05) is 44.2 Å². The molecule has 0 aliphatic carbocycles. The molecule has 0 bridgehead atoms. The van der Waals surface area contributed by atoms with Gasteiger partial charge in [-0.2, -0.15) is 17.5 Å². The standard InChI is InChI=1S/C24H28F3N3O3S/c25-24(26,27)20-8-6-9-21(18-20)28-13-15-29(16-14-28)23(31)19-7-5-10-22(17-19)34(32,33)30-11-3-1-2-4-12-30/h5-10,17-18H,1-4,11-16H2. The van der Waals surface area contributed by atoms with Gasteiger partial charge in [0.15, 0.2) is 0 Å². The van der Waals surface area contributed by atoms with E-state index in [-0.39, 0.29) is 10.8 Å². The molecule has 1 amide bonds. The lowest BCUT2D eigenvalue weighted by atomic mass is 10.1. The van der Waals surface area contributed by atoms with Crippen molar-refractivity contribution in [2.45, 2.75) is 36.8 Å². The van der Waals surface area contributed by atoms with Gasteiger partial charge in [-0.1, -0.05) is 25.0 Å². The van der Waals surface area contributed by atoms with Crippen LogP contribution in [0.1, 0.15) is 41.6 Å². The molecular formula is C24H28F3N3O3S. The highest BCUT2D eigenvalue weighted by Crippen LogP contribution is 2.32. The first kappa shape index (κ1) is 24.5. The fraction of sp³-hybridized carbons (Fsp3) is 0.458. The second-order valence-electron chi connectivity index (χ2n) is 8.67. The SMILES string of the molecule is O=C(c1cccc(S(=O)(=O)N2CCCCCC2)c1)N1CCN(c2cccc(C(F)(F)F)c2)CC1. The van der Waals surface area contributed by atoms with Crippen molar-refractivity contribution in [1.82, 2.24) is 9.21 Å². The Morgan fingerprint density at radius 2 is 1.44 bits per heavy atom. The van der Waals surface area contributed by atoms with Crippen molar-refractivity contribution in [3.05, 3.63) is 59.7 Å². The first-order valence-electron chi connectivity index (χ1n) is 11.5. The van der Waals surface area contributed by atoms with Crippen LogP contribution < -0.4 is 4.90 Å². The molecule has 0 spiro atoms. The normalized spacial score (nSPS) is 18.6. The van der Waals surface area contributed by atoms with E-state index in [9.17, 15) is 26.4 Å². The highest BCUT2D eigenvalue weighted by atomic mass is 32.2. The Kier molecular flexibility index (Phi) is 7.18. The molecule has 0 unspecified atom stereocenters. The minimum absolute atomic E-state index is 0.114. The molecule has 2 aromatic rings. The van der Waals surface area contributed by atoms with Crippen LogP contribution in [0.25, 0.3) is 0 Å². The summed E-state index contributed by atoms with van der Waals surface area (Å²) in [4.78, 5) is 16.6. The number of benzene rings is 2. The first-order chi connectivity index (χ1) is 16.2. The molecule has 34 heavy (non-hydrogen) atoms. The number of sulfonamides is 1. The Labute approximate surface area is 198 Å². The van der Waals surface area contributed by atoms with Gasteiger partial charge in [0.25, 0.3) is 5.91 Å². The number of hydrogen-bond donors (Lipinski definition) is 0. The average Bonchev–Trinajstić information content (AvgIpc) is 3.14. The first-order valence-corrected chi connectivity index (χ1v) is 12.9. The number of hydrogen-bond acceptors (Lipinski definition) is 4. The lowest BCUT2D eigenvalue weighted by Gasteiger charge is -2.36. The molecule has 2 aromatic carbocycles. The average molecular weight is 496 g/mol.